The van der Waals surface area contributed by atoms with Gasteiger partial charge in [0.15, 0.2) is 0 Å². The highest BCUT2D eigenvalue weighted by atomic mass is 16.1. The highest BCUT2D eigenvalue weighted by Crippen LogP contribution is 2.18. The van der Waals surface area contributed by atoms with Gasteiger partial charge in [0.25, 0.3) is 5.56 Å². The Hall–Kier alpha value is -3.34. The van der Waals surface area contributed by atoms with Gasteiger partial charge in [-0.1, -0.05) is 48.5 Å². The molecule has 0 bridgehead atoms. The molecule has 0 fully saturated rings. The Balaban J connectivity index is 1.50. The van der Waals surface area contributed by atoms with Gasteiger partial charge in [0.2, 0.25) is 5.95 Å². The van der Waals surface area contributed by atoms with Crippen molar-refractivity contribution in [1.82, 2.24) is 15.0 Å². The maximum atomic E-state index is 11.9. The van der Waals surface area contributed by atoms with Gasteiger partial charge >= 0.3 is 0 Å². The fraction of sp³-hybridized carbons (Fsp3) is 0.100. The predicted molar refractivity (Wildman–Crippen MR) is 101 cm³/mol. The number of hydrogen-bond donors (Lipinski definition) is 3. The first-order valence-electron chi connectivity index (χ1n) is 8.25. The van der Waals surface area contributed by atoms with Gasteiger partial charge in [0.05, 0.1) is 5.69 Å². The first-order valence-corrected chi connectivity index (χ1v) is 8.25. The van der Waals surface area contributed by atoms with Crippen molar-refractivity contribution >= 4 is 16.9 Å². The zero-order valence-electron chi connectivity index (χ0n) is 13.6. The molecule has 3 N–H and O–H groups in total. The molecular weight excluding hydrogens is 312 g/mol. The molecule has 0 unspecified atom stereocenters. The summed E-state index contributed by atoms with van der Waals surface area (Å²) in [6.45, 7) is 0.684. The number of anilines is 1. The number of H-pyrrole nitrogens is 2. The second-order valence-corrected chi connectivity index (χ2v) is 5.88. The van der Waals surface area contributed by atoms with Crippen LogP contribution in [0.15, 0.2) is 71.7 Å². The Morgan fingerprint density at radius 3 is 2.68 bits per heavy atom. The van der Waals surface area contributed by atoms with Crippen LogP contribution < -0.4 is 10.9 Å². The maximum absolute atomic E-state index is 11.9. The number of hydrogen-bond acceptors (Lipinski definition) is 3. The van der Waals surface area contributed by atoms with Crippen LogP contribution in [0, 0.1) is 0 Å². The van der Waals surface area contributed by atoms with Crippen molar-refractivity contribution in [2.45, 2.75) is 6.42 Å². The van der Waals surface area contributed by atoms with Crippen molar-refractivity contribution in [3.05, 3.63) is 82.8 Å². The van der Waals surface area contributed by atoms with Crippen LogP contribution in [0.3, 0.4) is 0 Å². The molecule has 0 saturated carbocycles. The van der Waals surface area contributed by atoms with Gasteiger partial charge in [0.1, 0.15) is 0 Å². The average molecular weight is 330 g/mol. The van der Waals surface area contributed by atoms with E-state index in [0.29, 0.717) is 18.2 Å². The molecule has 5 heteroatoms. The van der Waals surface area contributed by atoms with Crippen LogP contribution in [0.25, 0.3) is 22.2 Å². The Morgan fingerprint density at radius 2 is 1.80 bits per heavy atom. The molecule has 0 aliphatic carbocycles. The number of rotatable bonds is 5. The van der Waals surface area contributed by atoms with Crippen LogP contribution in [0.4, 0.5) is 5.95 Å². The minimum absolute atomic E-state index is 0.163. The van der Waals surface area contributed by atoms with E-state index >= 15 is 0 Å². The summed E-state index contributed by atoms with van der Waals surface area (Å²) < 4.78 is 0. The molecule has 0 atom stereocenters. The normalized spacial score (nSPS) is 10.9. The summed E-state index contributed by atoms with van der Waals surface area (Å²) in [4.78, 5) is 22.4. The molecule has 4 aromatic rings. The lowest BCUT2D eigenvalue weighted by atomic mass is 10.1. The third-order valence-electron chi connectivity index (χ3n) is 4.17. The van der Waals surface area contributed by atoms with E-state index in [2.05, 4.69) is 32.4 Å². The minimum Gasteiger partial charge on any atom is -0.361 e. The zero-order chi connectivity index (χ0) is 17.1. The molecule has 124 valence electrons. The highest BCUT2D eigenvalue weighted by Gasteiger charge is 2.05. The Bertz CT molecular complexity index is 1050. The first kappa shape index (κ1) is 15.2. The lowest BCUT2D eigenvalue weighted by Gasteiger charge is -2.07. The van der Waals surface area contributed by atoms with E-state index in [-0.39, 0.29) is 5.56 Å². The summed E-state index contributed by atoms with van der Waals surface area (Å²) >= 11 is 0. The molecule has 0 spiro atoms. The molecule has 2 aromatic heterocycles. The monoisotopic (exact) mass is 330 g/mol. The second kappa shape index (κ2) is 6.65. The Labute approximate surface area is 144 Å². The van der Waals surface area contributed by atoms with Gasteiger partial charge in [-0.2, -0.15) is 0 Å². The van der Waals surface area contributed by atoms with Gasteiger partial charge in [-0.25, -0.2) is 4.98 Å². The standard InChI is InChI=1S/C20H18N4O/c25-19-12-18(14-6-2-1-3-7-14)23-20(24-19)21-11-10-15-13-22-17-9-5-4-8-16(15)17/h1-9,12-13,22H,10-11H2,(H2,21,23,24,25). The van der Waals surface area contributed by atoms with Crippen LogP contribution in [0.5, 0.6) is 0 Å². The van der Waals surface area contributed by atoms with Crippen molar-refractivity contribution in [2.75, 3.05) is 11.9 Å². The molecule has 0 saturated heterocycles. The van der Waals surface area contributed by atoms with Crippen molar-refractivity contribution in [1.29, 1.82) is 0 Å². The van der Waals surface area contributed by atoms with Gasteiger partial charge in [-0.15, -0.1) is 0 Å². The molecule has 0 amide bonds. The van der Waals surface area contributed by atoms with Crippen molar-refractivity contribution in [2.24, 2.45) is 0 Å². The minimum atomic E-state index is -0.163. The maximum Gasteiger partial charge on any atom is 0.252 e. The molecule has 0 aliphatic rings. The van der Waals surface area contributed by atoms with E-state index in [1.807, 2.05) is 48.7 Å². The van der Waals surface area contributed by atoms with Crippen LogP contribution in [-0.2, 0) is 6.42 Å². The first-order chi connectivity index (χ1) is 12.3. The SMILES string of the molecule is O=c1cc(-c2ccccc2)nc(NCCc2c[nH]c3ccccc23)[nH]1. The van der Waals surface area contributed by atoms with Gasteiger partial charge < -0.3 is 10.3 Å². The summed E-state index contributed by atoms with van der Waals surface area (Å²) in [6.07, 6.45) is 2.87. The van der Waals surface area contributed by atoms with Crippen molar-refractivity contribution in [3.8, 4) is 11.3 Å². The van der Waals surface area contributed by atoms with E-state index in [0.717, 1.165) is 17.5 Å². The Kier molecular flexibility index (Phi) is 4.04. The van der Waals surface area contributed by atoms with Gasteiger partial charge in [-0.3, -0.25) is 9.78 Å². The summed E-state index contributed by atoms with van der Waals surface area (Å²) in [5, 5.41) is 4.44. The number of aromatic nitrogens is 3. The molecule has 0 aliphatic heterocycles. The van der Waals surface area contributed by atoms with E-state index in [4.69, 9.17) is 0 Å². The van der Waals surface area contributed by atoms with Crippen molar-refractivity contribution < 1.29 is 0 Å². The molecule has 2 heterocycles. The van der Waals surface area contributed by atoms with Crippen LogP contribution >= 0.6 is 0 Å². The molecular formula is C20H18N4O. The number of nitrogens with one attached hydrogen (secondary N) is 3. The van der Waals surface area contributed by atoms with Crippen LogP contribution in [-0.4, -0.2) is 21.5 Å². The summed E-state index contributed by atoms with van der Waals surface area (Å²) in [5.41, 5.74) is 3.80. The molecule has 0 radical (unpaired) electrons. The zero-order valence-corrected chi connectivity index (χ0v) is 13.6. The largest absolute Gasteiger partial charge is 0.361 e. The van der Waals surface area contributed by atoms with Gasteiger partial charge in [0, 0.05) is 35.3 Å². The van der Waals surface area contributed by atoms with E-state index in [1.165, 1.54) is 17.0 Å². The van der Waals surface area contributed by atoms with Crippen LogP contribution in [0.1, 0.15) is 5.56 Å². The van der Waals surface area contributed by atoms with Crippen LogP contribution in [0.2, 0.25) is 0 Å². The second-order valence-electron chi connectivity index (χ2n) is 5.88. The summed E-state index contributed by atoms with van der Waals surface area (Å²) in [6, 6.07) is 19.4. The third-order valence-corrected chi connectivity index (χ3v) is 4.17. The number of benzene rings is 2. The Morgan fingerprint density at radius 1 is 1.00 bits per heavy atom. The van der Waals surface area contributed by atoms with E-state index in [1.54, 1.807) is 0 Å². The third kappa shape index (κ3) is 3.30. The fourth-order valence-corrected chi connectivity index (χ4v) is 2.95. The fourth-order valence-electron chi connectivity index (χ4n) is 2.95. The molecule has 5 nitrogen and oxygen atoms in total. The number of para-hydroxylation sites is 1. The van der Waals surface area contributed by atoms with Gasteiger partial charge in [-0.05, 0) is 18.1 Å². The molecule has 2 aromatic carbocycles. The smallest absolute Gasteiger partial charge is 0.252 e. The number of nitrogens with zero attached hydrogens (tertiary/aromatic N) is 1. The van der Waals surface area contributed by atoms with E-state index in [9.17, 15) is 4.79 Å². The predicted octanol–water partition coefficient (Wildman–Crippen LogP) is 3.57. The summed E-state index contributed by atoms with van der Waals surface area (Å²) in [5.74, 6) is 0.492. The highest BCUT2D eigenvalue weighted by molar-refractivity contribution is 5.83. The summed E-state index contributed by atoms with van der Waals surface area (Å²) in [7, 11) is 0. The van der Waals surface area contributed by atoms with E-state index < -0.39 is 0 Å². The lowest BCUT2D eigenvalue weighted by Crippen LogP contribution is -2.14. The number of fused-ring (bicyclic) bond motifs is 1. The lowest BCUT2D eigenvalue weighted by molar-refractivity contribution is 0.983. The number of aromatic amines is 2. The van der Waals surface area contributed by atoms with Crippen molar-refractivity contribution in [3.63, 3.8) is 0 Å². The quantitative estimate of drug-likeness (QED) is 0.524. The topological polar surface area (TPSA) is 73.6 Å². The average Bonchev–Trinajstić information content (AvgIpc) is 3.05. The molecule has 4 rings (SSSR count). The molecule has 25 heavy (non-hydrogen) atoms.